The average Bonchev–Trinajstić information content (AvgIpc) is 2.67. The first-order chi connectivity index (χ1) is 8.99. The quantitative estimate of drug-likeness (QED) is 0.813. The largest absolute Gasteiger partial charge is 0.399 e. The van der Waals surface area contributed by atoms with E-state index in [2.05, 4.69) is 23.4 Å². The lowest BCUT2D eigenvalue weighted by molar-refractivity contribution is 0.184. The summed E-state index contributed by atoms with van der Waals surface area (Å²) in [6.07, 6.45) is 1.70. The number of nitrogens with zero attached hydrogens (tertiary/aromatic N) is 2. The first-order valence-corrected chi connectivity index (χ1v) is 6.92. The van der Waals surface area contributed by atoms with Crippen LogP contribution >= 0.6 is 0 Å². The van der Waals surface area contributed by atoms with Gasteiger partial charge in [-0.25, -0.2) is 4.98 Å². The third kappa shape index (κ3) is 3.07. The Labute approximate surface area is 114 Å². The minimum atomic E-state index is -0.562. The molecular weight excluding hydrogens is 238 g/mol. The van der Waals surface area contributed by atoms with Crippen molar-refractivity contribution >= 4 is 16.7 Å². The Morgan fingerprint density at radius 3 is 2.68 bits per heavy atom. The third-order valence-electron chi connectivity index (χ3n) is 3.34. The van der Waals surface area contributed by atoms with Crippen molar-refractivity contribution in [3.8, 4) is 0 Å². The highest BCUT2D eigenvalue weighted by Crippen LogP contribution is 2.23. The summed E-state index contributed by atoms with van der Waals surface area (Å²) >= 11 is 0. The van der Waals surface area contributed by atoms with Gasteiger partial charge in [-0.3, -0.25) is 0 Å². The monoisotopic (exact) mass is 261 g/mol. The molecule has 4 heteroatoms. The minimum absolute atomic E-state index is 0.562. The van der Waals surface area contributed by atoms with E-state index >= 15 is 0 Å². The highest BCUT2D eigenvalue weighted by Gasteiger charge is 2.14. The molecule has 0 bridgehead atoms. The van der Waals surface area contributed by atoms with Gasteiger partial charge in [-0.05, 0) is 43.9 Å². The maximum atomic E-state index is 9.87. The molecule has 0 aliphatic heterocycles. The summed E-state index contributed by atoms with van der Waals surface area (Å²) in [5, 5.41) is 9.87. The summed E-state index contributed by atoms with van der Waals surface area (Å²) in [6.45, 7) is 7.09. The van der Waals surface area contributed by atoms with E-state index in [0.717, 1.165) is 29.8 Å². The molecule has 0 amide bonds. The van der Waals surface area contributed by atoms with Gasteiger partial charge in [0.25, 0.3) is 0 Å². The van der Waals surface area contributed by atoms with Crippen LogP contribution < -0.4 is 5.73 Å². The Kier molecular flexibility index (Phi) is 4.10. The van der Waals surface area contributed by atoms with Crippen molar-refractivity contribution in [2.24, 2.45) is 5.92 Å². The van der Waals surface area contributed by atoms with Crippen molar-refractivity contribution in [2.45, 2.75) is 46.3 Å². The molecule has 1 atom stereocenters. The second-order valence-electron chi connectivity index (χ2n) is 5.58. The molecule has 104 valence electrons. The molecule has 0 radical (unpaired) electrons. The zero-order valence-electron chi connectivity index (χ0n) is 11.9. The van der Waals surface area contributed by atoms with Crippen molar-refractivity contribution in [1.82, 2.24) is 9.55 Å². The number of fused-ring (bicyclic) bond motifs is 1. The van der Waals surface area contributed by atoms with Crippen molar-refractivity contribution < 1.29 is 5.11 Å². The van der Waals surface area contributed by atoms with Gasteiger partial charge in [-0.2, -0.15) is 0 Å². The fraction of sp³-hybridized carbons (Fsp3) is 0.533. The van der Waals surface area contributed by atoms with Gasteiger partial charge in [-0.1, -0.05) is 13.8 Å². The Hall–Kier alpha value is -1.55. The zero-order chi connectivity index (χ0) is 14.0. The van der Waals surface area contributed by atoms with Crippen LogP contribution in [0.5, 0.6) is 0 Å². The molecule has 1 unspecified atom stereocenters. The van der Waals surface area contributed by atoms with Crippen LogP contribution in [-0.4, -0.2) is 14.7 Å². The molecule has 19 heavy (non-hydrogen) atoms. The fourth-order valence-electron chi connectivity index (χ4n) is 2.38. The van der Waals surface area contributed by atoms with Crippen LogP contribution in [0.3, 0.4) is 0 Å². The number of hydrogen-bond acceptors (Lipinski definition) is 3. The lowest BCUT2D eigenvalue weighted by atomic mass is 10.1. The second-order valence-corrected chi connectivity index (χ2v) is 5.58. The molecule has 1 aromatic carbocycles. The number of aliphatic hydroxyl groups is 1. The number of aliphatic hydroxyl groups excluding tert-OH is 1. The van der Waals surface area contributed by atoms with Gasteiger partial charge in [-0.15, -0.1) is 0 Å². The number of nitrogens with two attached hydrogens (primary N) is 1. The highest BCUT2D eigenvalue weighted by atomic mass is 16.3. The molecule has 0 saturated carbocycles. The summed E-state index contributed by atoms with van der Waals surface area (Å²) in [6, 6.07) is 5.73. The standard InChI is InChI=1S/C15H23N3O/c1-10(2)5-4-8-18-14-7-6-12(16)9-13(14)17-15(18)11(3)19/h6-7,9-11,19H,4-5,8,16H2,1-3H3. The first-order valence-electron chi connectivity index (χ1n) is 6.92. The Bertz CT molecular complexity index is 558. The molecule has 0 aliphatic carbocycles. The van der Waals surface area contributed by atoms with Crippen molar-refractivity contribution in [1.29, 1.82) is 0 Å². The summed E-state index contributed by atoms with van der Waals surface area (Å²) < 4.78 is 2.11. The molecule has 1 aromatic heterocycles. The van der Waals surface area contributed by atoms with Crippen LogP contribution in [0.2, 0.25) is 0 Å². The van der Waals surface area contributed by atoms with Crippen LogP contribution in [-0.2, 0) is 6.54 Å². The van der Waals surface area contributed by atoms with Gasteiger partial charge in [0.2, 0.25) is 0 Å². The van der Waals surface area contributed by atoms with E-state index in [0.29, 0.717) is 11.6 Å². The molecule has 4 nitrogen and oxygen atoms in total. The molecule has 3 N–H and O–H groups in total. The van der Waals surface area contributed by atoms with E-state index in [1.54, 1.807) is 6.92 Å². The number of anilines is 1. The normalized spacial score (nSPS) is 13.3. The fourth-order valence-corrected chi connectivity index (χ4v) is 2.38. The van der Waals surface area contributed by atoms with Crippen LogP contribution in [0.4, 0.5) is 5.69 Å². The van der Waals surface area contributed by atoms with E-state index in [-0.39, 0.29) is 0 Å². The molecule has 2 rings (SSSR count). The van der Waals surface area contributed by atoms with Crippen molar-refractivity contribution in [2.75, 3.05) is 5.73 Å². The Morgan fingerprint density at radius 2 is 2.05 bits per heavy atom. The van der Waals surface area contributed by atoms with Crippen LogP contribution in [0.1, 0.15) is 45.5 Å². The lowest BCUT2D eigenvalue weighted by Crippen LogP contribution is -2.07. The number of aromatic nitrogens is 2. The average molecular weight is 261 g/mol. The van der Waals surface area contributed by atoms with Crippen molar-refractivity contribution in [3.05, 3.63) is 24.0 Å². The van der Waals surface area contributed by atoms with Crippen LogP contribution in [0.25, 0.3) is 11.0 Å². The summed E-state index contributed by atoms with van der Waals surface area (Å²) in [4.78, 5) is 4.50. The predicted octanol–water partition coefficient (Wildman–Crippen LogP) is 3.11. The smallest absolute Gasteiger partial charge is 0.138 e. The van der Waals surface area contributed by atoms with E-state index in [9.17, 15) is 5.11 Å². The number of rotatable bonds is 5. The molecular formula is C15H23N3O. The first kappa shape index (κ1) is 13.9. The lowest BCUT2D eigenvalue weighted by Gasteiger charge is -2.11. The summed E-state index contributed by atoms with van der Waals surface area (Å²) in [5.74, 6) is 1.42. The number of aryl methyl sites for hydroxylation is 1. The number of benzene rings is 1. The molecule has 1 heterocycles. The van der Waals surface area contributed by atoms with E-state index < -0.39 is 6.10 Å². The number of hydrogen-bond donors (Lipinski definition) is 2. The van der Waals surface area contributed by atoms with Crippen molar-refractivity contribution in [3.63, 3.8) is 0 Å². The van der Waals surface area contributed by atoms with Gasteiger partial charge in [0.1, 0.15) is 11.9 Å². The molecule has 2 aromatic rings. The number of nitrogen functional groups attached to an aromatic ring is 1. The van der Waals surface area contributed by atoms with Gasteiger partial charge in [0, 0.05) is 12.2 Å². The molecule has 0 spiro atoms. The van der Waals surface area contributed by atoms with Gasteiger partial charge < -0.3 is 15.4 Å². The van der Waals surface area contributed by atoms with Gasteiger partial charge in [0.05, 0.1) is 11.0 Å². The van der Waals surface area contributed by atoms with Gasteiger partial charge in [0.15, 0.2) is 0 Å². The third-order valence-corrected chi connectivity index (χ3v) is 3.34. The Morgan fingerprint density at radius 1 is 1.32 bits per heavy atom. The topological polar surface area (TPSA) is 64.1 Å². The minimum Gasteiger partial charge on any atom is -0.399 e. The summed E-state index contributed by atoms with van der Waals surface area (Å²) in [5.41, 5.74) is 8.40. The van der Waals surface area contributed by atoms with Gasteiger partial charge >= 0.3 is 0 Å². The SMILES string of the molecule is CC(C)CCCn1c(C(C)O)nc2cc(N)ccc21. The van der Waals surface area contributed by atoms with Crippen LogP contribution in [0, 0.1) is 5.92 Å². The molecule has 0 aliphatic rings. The molecule has 0 fully saturated rings. The number of imidazole rings is 1. The summed E-state index contributed by atoms with van der Waals surface area (Å²) in [7, 11) is 0. The maximum Gasteiger partial charge on any atom is 0.138 e. The maximum absolute atomic E-state index is 9.87. The van der Waals surface area contributed by atoms with E-state index in [4.69, 9.17) is 5.73 Å². The Balaban J connectivity index is 2.35. The zero-order valence-corrected chi connectivity index (χ0v) is 11.9. The predicted molar refractivity (Wildman–Crippen MR) is 78.9 cm³/mol. The highest BCUT2D eigenvalue weighted by molar-refractivity contribution is 5.79. The van der Waals surface area contributed by atoms with E-state index in [1.165, 1.54) is 6.42 Å². The molecule has 0 saturated heterocycles. The second kappa shape index (κ2) is 5.61. The van der Waals surface area contributed by atoms with E-state index in [1.807, 2.05) is 18.2 Å². The van der Waals surface area contributed by atoms with Crippen LogP contribution in [0.15, 0.2) is 18.2 Å².